The zero-order valence-corrected chi connectivity index (χ0v) is 17.3. The summed E-state index contributed by atoms with van der Waals surface area (Å²) in [6.45, 7) is 5.00. The van der Waals surface area contributed by atoms with E-state index in [4.69, 9.17) is 24.9 Å². The van der Waals surface area contributed by atoms with Crippen LogP contribution in [0.3, 0.4) is 0 Å². The largest absolute Gasteiger partial charge is 0.497 e. The van der Waals surface area contributed by atoms with E-state index in [1.807, 2.05) is 18.2 Å². The van der Waals surface area contributed by atoms with Crippen molar-refractivity contribution in [2.45, 2.75) is 16.6 Å². The van der Waals surface area contributed by atoms with E-state index < -0.39 is 0 Å². The number of nitrogens with two attached hydrogens (primary N) is 1. The molecule has 1 saturated heterocycles. The van der Waals surface area contributed by atoms with Crippen LogP contribution in [0.2, 0.25) is 0 Å². The van der Waals surface area contributed by atoms with Crippen LogP contribution in [-0.4, -0.2) is 71.5 Å². The van der Waals surface area contributed by atoms with Gasteiger partial charge in [-0.2, -0.15) is 0 Å². The summed E-state index contributed by atoms with van der Waals surface area (Å²) >= 11 is 1.50. The summed E-state index contributed by atoms with van der Waals surface area (Å²) in [5.41, 5.74) is 7.41. The Bertz CT molecular complexity index is 989. The molecule has 3 heterocycles. The molecule has 0 saturated carbocycles. The van der Waals surface area contributed by atoms with Crippen LogP contribution >= 0.6 is 11.8 Å². The lowest BCUT2D eigenvalue weighted by Crippen LogP contribution is -2.38. The van der Waals surface area contributed by atoms with Crippen molar-refractivity contribution in [3.63, 3.8) is 0 Å². The molecule has 0 unspecified atom stereocenters. The zero-order chi connectivity index (χ0) is 20.2. The van der Waals surface area contributed by atoms with Crippen LogP contribution in [0.1, 0.15) is 0 Å². The molecule has 1 fully saturated rings. The highest BCUT2D eigenvalue weighted by Crippen LogP contribution is 2.38. The molecule has 29 heavy (non-hydrogen) atoms. The second-order valence-electron chi connectivity index (χ2n) is 6.55. The molecule has 0 bridgehead atoms. The normalized spacial score (nSPS) is 15.0. The van der Waals surface area contributed by atoms with E-state index in [1.165, 1.54) is 18.1 Å². The molecule has 3 aromatic rings. The summed E-state index contributed by atoms with van der Waals surface area (Å²) in [5.74, 6) is 1.88. The molecule has 0 radical (unpaired) electrons. The standard InChI is InChI=1S/C19H24N6O3S/c1-26-13-3-4-14(27-2)15(11-13)29-19-23-16-17(20)21-12-22-18(16)25(19)6-5-24-7-9-28-10-8-24/h3-4,11-12H,5-10H2,1-2H3,(H2,20,21,22). The molecular weight excluding hydrogens is 392 g/mol. The summed E-state index contributed by atoms with van der Waals surface area (Å²) in [5, 5.41) is 0.784. The van der Waals surface area contributed by atoms with Gasteiger partial charge in [-0.05, 0) is 30.0 Å². The number of anilines is 1. The minimum Gasteiger partial charge on any atom is -0.497 e. The maximum absolute atomic E-state index is 6.06. The minimum absolute atomic E-state index is 0.375. The van der Waals surface area contributed by atoms with E-state index >= 15 is 0 Å². The van der Waals surface area contributed by atoms with Crippen LogP contribution in [0.5, 0.6) is 11.5 Å². The number of methoxy groups -OCH3 is 2. The molecule has 10 heteroatoms. The number of hydrogen-bond donors (Lipinski definition) is 1. The summed E-state index contributed by atoms with van der Waals surface area (Å²) in [6, 6.07) is 5.69. The molecule has 0 aliphatic carbocycles. The van der Waals surface area contributed by atoms with E-state index in [0.717, 1.165) is 66.6 Å². The molecule has 4 rings (SSSR count). The smallest absolute Gasteiger partial charge is 0.175 e. The number of aromatic nitrogens is 4. The van der Waals surface area contributed by atoms with Crippen molar-refractivity contribution in [3.8, 4) is 11.5 Å². The van der Waals surface area contributed by atoms with Gasteiger partial charge in [-0.3, -0.25) is 4.90 Å². The molecule has 2 aromatic heterocycles. The number of rotatable bonds is 7. The van der Waals surface area contributed by atoms with E-state index in [1.54, 1.807) is 14.2 Å². The zero-order valence-electron chi connectivity index (χ0n) is 16.5. The predicted octanol–water partition coefficient (Wildman–Crippen LogP) is 1.91. The molecule has 1 aliphatic rings. The summed E-state index contributed by atoms with van der Waals surface area (Å²) < 4.78 is 18.4. The van der Waals surface area contributed by atoms with Crippen LogP contribution in [0, 0.1) is 0 Å². The Hall–Kier alpha value is -2.56. The molecule has 0 atom stereocenters. The fourth-order valence-electron chi connectivity index (χ4n) is 3.24. The lowest BCUT2D eigenvalue weighted by Gasteiger charge is -2.26. The average molecular weight is 417 g/mol. The van der Waals surface area contributed by atoms with Crippen LogP contribution in [0.4, 0.5) is 5.82 Å². The number of fused-ring (bicyclic) bond motifs is 1. The van der Waals surface area contributed by atoms with Gasteiger partial charge in [-0.15, -0.1) is 0 Å². The molecular formula is C19H24N6O3S. The summed E-state index contributed by atoms with van der Waals surface area (Å²) in [7, 11) is 3.29. The number of imidazole rings is 1. The molecule has 9 nitrogen and oxygen atoms in total. The van der Waals surface area contributed by atoms with Gasteiger partial charge in [-0.1, -0.05) is 0 Å². The molecule has 2 N–H and O–H groups in total. The van der Waals surface area contributed by atoms with E-state index in [-0.39, 0.29) is 0 Å². The number of benzene rings is 1. The third kappa shape index (κ3) is 4.24. The molecule has 1 aromatic carbocycles. The summed E-state index contributed by atoms with van der Waals surface area (Å²) in [6.07, 6.45) is 1.48. The first-order chi connectivity index (χ1) is 14.2. The number of morpholine rings is 1. The highest BCUT2D eigenvalue weighted by atomic mass is 32.2. The van der Waals surface area contributed by atoms with Crippen LogP contribution in [0.25, 0.3) is 11.2 Å². The average Bonchev–Trinajstić information content (AvgIpc) is 3.11. The van der Waals surface area contributed by atoms with Gasteiger partial charge in [0.1, 0.15) is 17.8 Å². The number of nitrogens with zero attached hydrogens (tertiary/aromatic N) is 5. The minimum atomic E-state index is 0.375. The molecule has 0 spiro atoms. The van der Waals surface area contributed by atoms with Crippen LogP contribution in [0.15, 0.2) is 34.6 Å². The molecule has 1 aliphatic heterocycles. The third-order valence-electron chi connectivity index (χ3n) is 4.84. The van der Waals surface area contributed by atoms with E-state index in [9.17, 15) is 0 Å². The Morgan fingerprint density at radius 2 is 1.97 bits per heavy atom. The maximum Gasteiger partial charge on any atom is 0.175 e. The SMILES string of the molecule is COc1ccc(OC)c(Sc2nc3c(N)ncnc3n2CCN2CCOCC2)c1. The highest BCUT2D eigenvalue weighted by Gasteiger charge is 2.19. The van der Waals surface area contributed by atoms with Crippen molar-refractivity contribution >= 4 is 28.7 Å². The molecule has 0 amide bonds. The Morgan fingerprint density at radius 3 is 2.72 bits per heavy atom. The van der Waals surface area contributed by atoms with Crippen LogP contribution in [-0.2, 0) is 11.3 Å². The lowest BCUT2D eigenvalue weighted by atomic mass is 10.3. The monoisotopic (exact) mass is 416 g/mol. The van der Waals surface area contributed by atoms with Crippen molar-refractivity contribution < 1.29 is 14.2 Å². The van der Waals surface area contributed by atoms with Gasteiger partial charge in [0, 0.05) is 26.2 Å². The van der Waals surface area contributed by atoms with Crippen molar-refractivity contribution in [1.82, 2.24) is 24.4 Å². The van der Waals surface area contributed by atoms with Gasteiger partial charge in [0.2, 0.25) is 0 Å². The maximum atomic E-state index is 6.06. The highest BCUT2D eigenvalue weighted by molar-refractivity contribution is 7.99. The quantitative estimate of drug-likeness (QED) is 0.619. The van der Waals surface area contributed by atoms with Crippen molar-refractivity contribution in [3.05, 3.63) is 24.5 Å². The first kappa shape index (κ1) is 19.7. The van der Waals surface area contributed by atoms with Crippen molar-refractivity contribution in [1.29, 1.82) is 0 Å². The third-order valence-corrected chi connectivity index (χ3v) is 5.87. The fraction of sp³-hybridized carbons (Fsp3) is 0.421. The Labute approximate surface area is 173 Å². The predicted molar refractivity (Wildman–Crippen MR) is 111 cm³/mol. The lowest BCUT2D eigenvalue weighted by molar-refractivity contribution is 0.0362. The number of hydrogen-bond acceptors (Lipinski definition) is 9. The van der Waals surface area contributed by atoms with E-state index in [2.05, 4.69) is 19.4 Å². The second-order valence-corrected chi connectivity index (χ2v) is 7.56. The van der Waals surface area contributed by atoms with E-state index in [0.29, 0.717) is 11.3 Å². The molecule has 154 valence electrons. The van der Waals surface area contributed by atoms with Gasteiger partial charge in [0.25, 0.3) is 0 Å². The van der Waals surface area contributed by atoms with Gasteiger partial charge in [0.15, 0.2) is 22.1 Å². The van der Waals surface area contributed by atoms with Gasteiger partial charge >= 0.3 is 0 Å². The van der Waals surface area contributed by atoms with Crippen LogP contribution < -0.4 is 15.2 Å². The number of nitrogen functional groups attached to an aromatic ring is 1. The van der Waals surface area contributed by atoms with Gasteiger partial charge in [0.05, 0.1) is 32.3 Å². The second kappa shape index (κ2) is 8.85. The van der Waals surface area contributed by atoms with Crippen molar-refractivity contribution in [2.24, 2.45) is 0 Å². The Balaban J connectivity index is 1.68. The topological polar surface area (TPSA) is 101 Å². The first-order valence-corrected chi connectivity index (χ1v) is 10.2. The Morgan fingerprint density at radius 1 is 1.14 bits per heavy atom. The van der Waals surface area contributed by atoms with Crippen molar-refractivity contribution in [2.75, 3.05) is 52.8 Å². The fourth-order valence-corrected chi connectivity index (χ4v) is 4.29. The van der Waals surface area contributed by atoms with Gasteiger partial charge < -0.3 is 24.5 Å². The number of ether oxygens (including phenoxy) is 3. The van der Waals surface area contributed by atoms with Gasteiger partial charge in [-0.25, -0.2) is 15.0 Å². The first-order valence-electron chi connectivity index (χ1n) is 9.36. The summed E-state index contributed by atoms with van der Waals surface area (Å²) in [4.78, 5) is 16.5. The Kier molecular flexibility index (Phi) is 6.02.